The smallest absolute Gasteiger partial charge is 0.302 e. The molecular formula is C18H17FO2. The third-order valence-electron chi connectivity index (χ3n) is 2.98. The molecule has 0 amide bonds. The van der Waals surface area contributed by atoms with Crippen molar-refractivity contribution in [1.82, 2.24) is 0 Å². The standard InChI is InChI=1S/C18H17FO2/c1-14(20)21-13-17(11-15-5-3-2-4-6-15)12-16-7-9-18(19)10-8-16/h2-10,12H,11,13H2,1H3. The van der Waals surface area contributed by atoms with Crippen LogP contribution in [0.5, 0.6) is 0 Å². The molecule has 0 radical (unpaired) electrons. The third-order valence-corrected chi connectivity index (χ3v) is 2.98. The molecule has 0 atom stereocenters. The summed E-state index contributed by atoms with van der Waals surface area (Å²) in [5.41, 5.74) is 2.98. The van der Waals surface area contributed by atoms with Gasteiger partial charge < -0.3 is 4.74 Å². The van der Waals surface area contributed by atoms with Gasteiger partial charge in [-0.2, -0.15) is 0 Å². The van der Waals surface area contributed by atoms with E-state index in [0.717, 1.165) is 16.7 Å². The van der Waals surface area contributed by atoms with Crippen LogP contribution in [0.15, 0.2) is 60.2 Å². The summed E-state index contributed by atoms with van der Waals surface area (Å²) in [4.78, 5) is 11.0. The molecule has 0 aliphatic rings. The van der Waals surface area contributed by atoms with E-state index in [2.05, 4.69) is 0 Å². The highest BCUT2D eigenvalue weighted by Crippen LogP contribution is 2.14. The third kappa shape index (κ3) is 5.22. The molecule has 0 N–H and O–H groups in total. The van der Waals surface area contributed by atoms with Crippen molar-refractivity contribution in [2.24, 2.45) is 0 Å². The second kappa shape index (κ2) is 7.39. The Morgan fingerprint density at radius 3 is 2.38 bits per heavy atom. The topological polar surface area (TPSA) is 26.3 Å². The van der Waals surface area contributed by atoms with Gasteiger partial charge in [-0.25, -0.2) is 4.39 Å². The number of carbonyl (C=O) groups is 1. The van der Waals surface area contributed by atoms with E-state index in [1.165, 1.54) is 19.1 Å². The van der Waals surface area contributed by atoms with Crippen molar-refractivity contribution in [3.8, 4) is 0 Å². The van der Waals surface area contributed by atoms with Gasteiger partial charge in [-0.05, 0) is 35.3 Å². The Bertz CT molecular complexity index is 615. The monoisotopic (exact) mass is 284 g/mol. The number of hydrogen-bond donors (Lipinski definition) is 0. The number of benzene rings is 2. The summed E-state index contributed by atoms with van der Waals surface area (Å²) in [5, 5.41) is 0. The summed E-state index contributed by atoms with van der Waals surface area (Å²) in [6, 6.07) is 16.2. The van der Waals surface area contributed by atoms with Gasteiger partial charge in [0, 0.05) is 6.92 Å². The molecule has 2 nitrogen and oxygen atoms in total. The SMILES string of the molecule is CC(=O)OCC(=Cc1ccc(F)cc1)Cc1ccccc1. The first-order chi connectivity index (χ1) is 10.1. The van der Waals surface area contributed by atoms with Crippen LogP contribution in [0.1, 0.15) is 18.1 Å². The number of esters is 1. The molecule has 0 aliphatic carbocycles. The lowest BCUT2D eigenvalue weighted by molar-refractivity contribution is -0.139. The van der Waals surface area contributed by atoms with Gasteiger partial charge in [0.25, 0.3) is 0 Å². The Morgan fingerprint density at radius 1 is 1.10 bits per heavy atom. The van der Waals surface area contributed by atoms with Crippen LogP contribution in [-0.4, -0.2) is 12.6 Å². The molecule has 108 valence electrons. The number of hydrogen-bond acceptors (Lipinski definition) is 2. The summed E-state index contributed by atoms with van der Waals surface area (Å²) in [7, 11) is 0. The molecular weight excluding hydrogens is 267 g/mol. The maximum absolute atomic E-state index is 12.9. The van der Waals surface area contributed by atoms with Crippen LogP contribution in [0, 0.1) is 5.82 Å². The molecule has 21 heavy (non-hydrogen) atoms. The zero-order valence-corrected chi connectivity index (χ0v) is 11.9. The average Bonchev–Trinajstić information content (AvgIpc) is 2.48. The molecule has 0 heterocycles. The van der Waals surface area contributed by atoms with Crippen LogP contribution in [0.2, 0.25) is 0 Å². The predicted octanol–water partition coefficient (Wildman–Crippen LogP) is 4.01. The van der Waals surface area contributed by atoms with Crippen molar-refractivity contribution in [1.29, 1.82) is 0 Å². The van der Waals surface area contributed by atoms with Crippen LogP contribution >= 0.6 is 0 Å². The summed E-state index contributed by atoms with van der Waals surface area (Å²) >= 11 is 0. The van der Waals surface area contributed by atoms with Crippen molar-refractivity contribution in [3.63, 3.8) is 0 Å². The predicted molar refractivity (Wildman–Crippen MR) is 81.2 cm³/mol. The fourth-order valence-electron chi connectivity index (χ4n) is 1.99. The number of halogens is 1. The minimum absolute atomic E-state index is 0.238. The maximum atomic E-state index is 12.9. The number of ether oxygens (including phenoxy) is 1. The van der Waals surface area contributed by atoms with Crippen molar-refractivity contribution >= 4 is 12.0 Å². The second-order valence-corrected chi connectivity index (χ2v) is 4.80. The van der Waals surface area contributed by atoms with E-state index in [0.29, 0.717) is 6.42 Å². The lowest BCUT2D eigenvalue weighted by Crippen LogP contribution is -2.05. The minimum Gasteiger partial charge on any atom is -0.461 e. The van der Waals surface area contributed by atoms with E-state index in [4.69, 9.17) is 4.74 Å². The summed E-state index contributed by atoms with van der Waals surface area (Å²) in [6.45, 7) is 1.62. The second-order valence-electron chi connectivity index (χ2n) is 4.80. The molecule has 0 aliphatic heterocycles. The van der Waals surface area contributed by atoms with Crippen LogP contribution in [0.4, 0.5) is 4.39 Å². The van der Waals surface area contributed by atoms with Gasteiger partial charge in [-0.1, -0.05) is 48.5 Å². The lowest BCUT2D eigenvalue weighted by Gasteiger charge is -2.08. The van der Waals surface area contributed by atoms with Crippen molar-refractivity contribution < 1.29 is 13.9 Å². The first kappa shape index (κ1) is 15.0. The minimum atomic E-state index is -0.312. The zero-order chi connectivity index (χ0) is 15.1. The highest BCUT2D eigenvalue weighted by Gasteiger charge is 2.03. The zero-order valence-electron chi connectivity index (χ0n) is 11.9. The molecule has 0 aromatic heterocycles. The van der Waals surface area contributed by atoms with Crippen molar-refractivity contribution in [2.45, 2.75) is 13.3 Å². The molecule has 0 spiro atoms. The molecule has 0 unspecified atom stereocenters. The van der Waals surface area contributed by atoms with Gasteiger partial charge in [0.2, 0.25) is 0 Å². The Hall–Kier alpha value is -2.42. The molecule has 2 rings (SSSR count). The first-order valence-corrected chi connectivity index (χ1v) is 6.76. The van der Waals surface area contributed by atoms with Crippen LogP contribution in [0.3, 0.4) is 0 Å². The van der Waals surface area contributed by atoms with E-state index >= 15 is 0 Å². The van der Waals surface area contributed by atoms with E-state index in [-0.39, 0.29) is 18.4 Å². The maximum Gasteiger partial charge on any atom is 0.302 e. The molecule has 0 bridgehead atoms. The lowest BCUT2D eigenvalue weighted by atomic mass is 10.0. The quantitative estimate of drug-likeness (QED) is 0.775. The summed E-state index contributed by atoms with van der Waals surface area (Å²) in [5.74, 6) is -0.579. The average molecular weight is 284 g/mol. The van der Waals surface area contributed by atoms with Crippen LogP contribution in [0.25, 0.3) is 6.08 Å². The number of rotatable bonds is 5. The fourth-order valence-corrected chi connectivity index (χ4v) is 1.99. The van der Waals surface area contributed by atoms with Gasteiger partial charge in [-0.15, -0.1) is 0 Å². The molecule has 2 aromatic rings. The van der Waals surface area contributed by atoms with Crippen LogP contribution in [-0.2, 0) is 16.0 Å². The molecule has 3 heteroatoms. The number of carbonyl (C=O) groups excluding carboxylic acids is 1. The Balaban J connectivity index is 2.18. The van der Waals surface area contributed by atoms with E-state index in [1.807, 2.05) is 36.4 Å². The highest BCUT2D eigenvalue weighted by molar-refractivity contribution is 5.66. The van der Waals surface area contributed by atoms with Crippen molar-refractivity contribution in [3.05, 3.63) is 77.1 Å². The fraction of sp³-hybridized carbons (Fsp3) is 0.167. The van der Waals surface area contributed by atoms with E-state index in [1.54, 1.807) is 12.1 Å². The molecule has 2 aromatic carbocycles. The van der Waals surface area contributed by atoms with E-state index < -0.39 is 0 Å². The molecule has 0 saturated heterocycles. The normalized spacial score (nSPS) is 11.2. The van der Waals surface area contributed by atoms with Crippen molar-refractivity contribution in [2.75, 3.05) is 6.61 Å². The van der Waals surface area contributed by atoms with Gasteiger partial charge in [0.05, 0.1) is 0 Å². The van der Waals surface area contributed by atoms with Gasteiger partial charge >= 0.3 is 5.97 Å². The summed E-state index contributed by atoms with van der Waals surface area (Å²) in [6.07, 6.45) is 2.61. The highest BCUT2D eigenvalue weighted by atomic mass is 19.1. The Labute approximate surface area is 123 Å². The summed E-state index contributed by atoms with van der Waals surface area (Å²) < 4.78 is 18.0. The Morgan fingerprint density at radius 2 is 1.76 bits per heavy atom. The molecule has 0 fully saturated rings. The van der Waals surface area contributed by atoms with Gasteiger partial charge in [0.15, 0.2) is 0 Å². The Kier molecular flexibility index (Phi) is 5.27. The van der Waals surface area contributed by atoms with Gasteiger partial charge in [-0.3, -0.25) is 4.79 Å². The first-order valence-electron chi connectivity index (χ1n) is 6.76. The largest absolute Gasteiger partial charge is 0.461 e. The van der Waals surface area contributed by atoms with E-state index in [9.17, 15) is 9.18 Å². The molecule has 0 saturated carbocycles. The van der Waals surface area contributed by atoms with Crippen LogP contribution < -0.4 is 0 Å². The van der Waals surface area contributed by atoms with Gasteiger partial charge in [0.1, 0.15) is 12.4 Å².